The van der Waals surface area contributed by atoms with Gasteiger partial charge in [-0.05, 0) is 37.9 Å². The zero-order valence-electron chi connectivity index (χ0n) is 12.6. The Kier molecular flexibility index (Phi) is 7.72. The van der Waals surface area contributed by atoms with Gasteiger partial charge in [-0.2, -0.15) is 0 Å². The molecule has 1 unspecified atom stereocenters. The molecule has 1 atom stereocenters. The number of nitrogens with two attached hydrogens (primary N) is 1. The predicted molar refractivity (Wildman–Crippen MR) is 81.2 cm³/mol. The molecule has 0 saturated carbocycles. The summed E-state index contributed by atoms with van der Waals surface area (Å²) in [5, 5.41) is 0. The molecule has 2 N–H and O–H groups in total. The minimum Gasteiger partial charge on any atom is -0.377 e. The lowest BCUT2D eigenvalue weighted by Crippen LogP contribution is -2.31. The normalized spacial score (nSPS) is 12.9. The van der Waals surface area contributed by atoms with Gasteiger partial charge in [0.15, 0.2) is 0 Å². The SMILES string of the molecule is CCOC(CN)CCN(CC)Cc1ccccc1C. The molecular weight excluding hydrogens is 236 g/mol. The Morgan fingerprint density at radius 3 is 2.58 bits per heavy atom. The van der Waals surface area contributed by atoms with Crippen LogP contribution in [0.2, 0.25) is 0 Å². The molecule has 0 spiro atoms. The molecule has 0 amide bonds. The van der Waals surface area contributed by atoms with Crippen LogP contribution in [-0.2, 0) is 11.3 Å². The zero-order chi connectivity index (χ0) is 14.1. The smallest absolute Gasteiger partial charge is 0.0709 e. The fourth-order valence-corrected chi connectivity index (χ4v) is 2.21. The number of ether oxygens (including phenoxy) is 1. The van der Waals surface area contributed by atoms with Gasteiger partial charge in [0, 0.05) is 26.2 Å². The molecule has 0 aliphatic carbocycles. The summed E-state index contributed by atoms with van der Waals surface area (Å²) >= 11 is 0. The van der Waals surface area contributed by atoms with Crippen LogP contribution in [0.25, 0.3) is 0 Å². The standard InChI is InChI=1S/C16H28N2O/c1-4-18(11-10-16(12-17)19-5-2)13-15-9-7-6-8-14(15)3/h6-9,16H,4-5,10-13,17H2,1-3H3. The number of rotatable bonds is 9. The maximum atomic E-state index is 5.72. The van der Waals surface area contributed by atoms with E-state index in [0.717, 1.165) is 32.7 Å². The van der Waals surface area contributed by atoms with Crippen LogP contribution < -0.4 is 5.73 Å². The average Bonchev–Trinajstić information content (AvgIpc) is 2.43. The second-order valence-electron chi connectivity index (χ2n) is 4.90. The van der Waals surface area contributed by atoms with Crippen molar-refractivity contribution in [2.24, 2.45) is 5.73 Å². The third kappa shape index (κ3) is 5.72. The van der Waals surface area contributed by atoms with Crippen LogP contribution in [-0.4, -0.2) is 37.2 Å². The molecular formula is C16H28N2O. The van der Waals surface area contributed by atoms with E-state index < -0.39 is 0 Å². The lowest BCUT2D eigenvalue weighted by atomic mass is 10.1. The number of hydrogen-bond acceptors (Lipinski definition) is 3. The second kappa shape index (κ2) is 9.08. The Balaban J connectivity index is 2.48. The molecule has 1 rings (SSSR count). The molecule has 19 heavy (non-hydrogen) atoms. The molecule has 0 bridgehead atoms. The van der Waals surface area contributed by atoms with Gasteiger partial charge in [-0.25, -0.2) is 0 Å². The summed E-state index contributed by atoms with van der Waals surface area (Å²) < 4.78 is 5.61. The van der Waals surface area contributed by atoms with E-state index in [4.69, 9.17) is 10.5 Å². The molecule has 1 aromatic rings. The van der Waals surface area contributed by atoms with E-state index in [1.807, 2.05) is 6.92 Å². The molecule has 108 valence electrons. The van der Waals surface area contributed by atoms with E-state index in [9.17, 15) is 0 Å². The maximum absolute atomic E-state index is 5.72. The third-order valence-electron chi connectivity index (χ3n) is 3.53. The van der Waals surface area contributed by atoms with Crippen molar-refractivity contribution < 1.29 is 4.74 Å². The topological polar surface area (TPSA) is 38.5 Å². The highest BCUT2D eigenvalue weighted by atomic mass is 16.5. The number of nitrogens with zero attached hydrogens (tertiary/aromatic N) is 1. The Bertz CT molecular complexity index is 354. The first-order valence-electron chi connectivity index (χ1n) is 7.29. The fraction of sp³-hybridized carbons (Fsp3) is 0.625. The molecule has 0 saturated heterocycles. The minimum atomic E-state index is 0.191. The van der Waals surface area contributed by atoms with E-state index in [1.165, 1.54) is 11.1 Å². The maximum Gasteiger partial charge on any atom is 0.0709 e. The van der Waals surface area contributed by atoms with Crippen LogP contribution >= 0.6 is 0 Å². The molecule has 0 fully saturated rings. The lowest BCUT2D eigenvalue weighted by Gasteiger charge is -2.24. The Morgan fingerprint density at radius 1 is 1.26 bits per heavy atom. The minimum absolute atomic E-state index is 0.191. The van der Waals surface area contributed by atoms with Crippen LogP contribution in [0, 0.1) is 6.92 Å². The van der Waals surface area contributed by atoms with Crippen molar-refractivity contribution in [1.29, 1.82) is 0 Å². The van der Waals surface area contributed by atoms with Crippen molar-refractivity contribution >= 4 is 0 Å². The van der Waals surface area contributed by atoms with E-state index in [1.54, 1.807) is 0 Å². The van der Waals surface area contributed by atoms with Gasteiger partial charge in [0.1, 0.15) is 0 Å². The Morgan fingerprint density at radius 2 is 2.00 bits per heavy atom. The highest BCUT2D eigenvalue weighted by Crippen LogP contribution is 2.11. The fourth-order valence-electron chi connectivity index (χ4n) is 2.21. The summed E-state index contributed by atoms with van der Waals surface area (Å²) in [6.07, 6.45) is 1.19. The first kappa shape index (κ1) is 16.2. The molecule has 0 aliphatic heterocycles. The quantitative estimate of drug-likeness (QED) is 0.745. The van der Waals surface area contributed by atoms with Crippen LogP contribution in [0.5, 0.6) is 0 Å². The highest BCUT2D eigenvalue weighted by Gasteiger charge is 2.10. The van der Waals surface area contributed by atoms with Crippen molar-refractivity contribution in [1.82, 2.24) is 4.90 Å². The summed E-state index contributed by atoms with van der Waals surface area (Å²) in [5.74, 6) is 0. The first-order chi connectivity index (χ1) is 9.21. The van der Waals surface area contributed by atoms with Gasteiger partial charge in [-0.3, -0.25) is 4.90 Å². The first-order valence-corrected chi connectivity index (χ1v) is 7.29. The summed E-state index contributed by atoms with van der Waals surface area (Å²) in [5.41, 5.74) is 8.49. The number of hydrogen-bond donors (Lipinski definition) is 1. The van der Waals surface area contributed by atoms with E-state index in [2.05, 4.69) is 43.0 Å². The van der Waals surface area contributed by atoms with Crippen molar-refractivity contribution in [3.05, 3.63) is 35.4 Å². The number of aryl methyl sites for hydroxylation is 1. The highest BCUT2D eigenvalue weighted by molar-refractivity contribution is 5.25. The average molecular weight is 264 g/mol. The molecule has 3 nitrogen and oxygen atoms in total. The van der Waals surface area contributed by atoms with E-state index in [-0.39, 0.29) is 6.10 Å². The molecule has 3 heteroatoms. The van der Waals surface area contributed by atoms with Crippen molar-refractivity contribution in [2.45, 2.75) is 39.8 Å². The summed E-state index contributed by atoms with van der Waals surface area (Å²) in [6, 6.07) is 8.58. The Hall–Kier alpha value is -0.900. The predicted octanol–water partition coefficient (Wildman–Crippen LogP) is 2.57. The molecule has 0 radical (unpaired) electrons. The van der Waals surface area contributed by atoms with Crippen molar-refractivity contribution in [3.63, 3.8) is 0 Å². The van der Waals surface area contributed by atoms with Crippen molar-refractivity contribution in [2.75, 3.05) is 26.2 Å². The van der Waals surface area contributed by atoms with Crippen LogP contribution in [0.15, 0.2) is 24.3 Å². The molecule has 0 heterocycles. The third-order valence-corrected chi connectivity index (χ3v) is 3.53. The summed E-state index contributed by atoms with van der Waals surface area (Å²) in [4.78, 5) is 2.45. The van der Waals surface area contributed by atoms with E-state index >= 15 is 0 Å². The van der Waals surface area contributed by atoms with E-state index in [0.29, 0.717) is 6.54 Å². The van der Waals surface area contributed by atoms with Crippen LogP contribution in [0.4, 0.5) is 0 Å². The summed E-state index contributed by atoms with van der Waals surface area (Å²) in [7, 11) is 0. The zero-order valence-corrected chi connectivity index (χ0v) is 12.6. The lowest BCUT2D eigenvalue weighted by molar-refractivity contribution is 0.0541. The van der Waals surface area contributed by atoms with Gasteiger partial charge in [0.2, 0.25) is 0 Å². The van der Waals surface area contributed by atoms with Gasteiger partial charge in [0.25, 0.3) is 0 Å². The second-order valence-corrected chi connectivity index (χ2v) is 4.90. The van der Waals surface area contributed by atoms with Gasteiger partial charge < -0.3 is 10.5 Å². The Labute approximate surface area is 117 Å². The molecule has 1 aromatic carbocycles. The summed E-state index contributed by atoms with van der Waals surface area (Å²) in [6.45, 7) is 10.8. The van der Waals surface area contributed by atoms with Crippen LogP contribution in [0.3, 0.4) is 0 Å². The monoisotopic (exact) mass is 264 g/mol. The van der Waals surface area contributed by atoms with Gasteiger partial charge in [0.05, 0.1) is 6.10 Å². The van der Waals surface area contributed by atoms with Crippen LogP contribution in [0.1, 0.15) is 31.4 Å². The molecule has 0 aliphatic rings. The van der Waals surface area contributed by atoms with Crippen molar-refractivity contribution in [3.8, 4) is 0 Å². The largest absolute Gasteiger partial charge is 0.377 e. The van der Waals surface area contributed by atoms with Gasteiger partial charge in [-0.15, -0.1) is 0 Å². The van der Waals surface area contributed by atoms with Gasteiger partial charge in [-0.1, -0.05) is 31.2 Å². The number of benzene rings is 1. The van der Waals surface area contributed by atoms with Gasteiger partial charge >= 0.3 is 0 Å². The molecule has 0 aromatic heterocycles.